The summed E-state index contributed by atoms with van der Waals surface area (Å²) < 4.78 is 5.43. The minimum atomic E-state index is 0. The van der Waals surface area contributed by atoms with Crippen LogP contribution in [0.25, 0.3) is 0 Å². The number of carbonyl (C=O) groups is 1. The van der Waals surface area contributed by atoms with Crippen molar-refractivity contribution >= 4 is 30.1 Å². The van der Waals surface area contributed by atoms with E-state index in [4.69, 9.17) is 10.5 Å². The topological polar surface area (TPSA) is 55.6 Å². The average Bonchev–Trinajstić information content (AvgIpc) is 2.97. The summed E-state index contributed by atoms with van der Waals surface area (Å²) in [6, 6.07) is 8.41. The zero-order chi connectivity index (χ0) is 14.8. The normalized spacial score (nSPS) is 27.2. The first-order valence-electron chi connectivity index (χ1n) is 7.51. The maximum Gasteiger partial charge on any atom is 0.236 e. The molecule has 6 heteroatoms. The summed E-state index contributed by atoms with van der Waals surface area (Å²) in [7, 11) is 1.74. The number of hydrogen-bond acceptors (Lipinski definition) is 4. The first-order chi connectivity index (χ1) is 10.2. The molecule has 1 fully saturated rings. The van der Waals surface area contributed by atoms with Crippen LogP contribution in [0.2, 0.25) is 0 Å². The summed E-state index contributed by atoms with van der Waals surface area (Å²) in [5.74, 6) is 0.237. The van der Waals surface area contributed by atoms with Gasteiger partial charge in [0.2, 0.25) is 5.91 Å². The molecule has 3 atom stereocenters. The second kappa shape index (κ2) is 7.68. The molecule has 2 aliphatic rings. The number of methoxy groups -OCH3 is 1. The number of nitrogens with zero attached hydrogens (tertiary/aromatic N) is 1. The monoisotopic (exact) mass is 342 g/mol. The summed E-state index contributed by atoms with van der Waals surface area (Å²) in [4.78, 5) is 16.1. The molecule has 1 aromatic carbocycles. The van der Waals surface area contributed by atoms with Crippen LogP contribution in [-0.2, 0) is 16.0 Å². The van der Waals surface area contributed by atoms with Crippen molar-refractivity contribution in [3.05, 3.63) is 29.8 Å². The zero-order valence-electron chi connectivity index (χ0n) is 12.7. The van der Waals surface area contributed by atoms with Gasteiger partial charge in [0.25, 0.3) is 0 Å². The van der Waals surface area contributed by atoms with Crippen LogP contribution in [0.1, 0.15) is 18.4 Å². The Labute approximate surface area is 142 Å². The molecule has 3 rings (SSSR count). The Bertz CT molecular complexity index is 504. The standard InChI is InChI=1S/C16H22N2O2S.ClH/c1-20-13-6-7-18(12(9-13)10-17)16(19)15-8-11-4-2-3-5-14(11)21-15;/h2-5,12-13,15H,6-10,17H2,1H3;1H. The largest absolute Gasteiger partial charge is 0.381 e. The SMILES string of the molecule is COC1CCN(C(=O)C2Cc3ccccc3S2)C(CN)C1.Cl. The lowest BCUT2D eigenvalue weighted by molar-refractivity contribution is -0.136. The molecule has 2 heterocycles. The van der Waals surface area contributed by atoms with Crippen molar-refractivity contribution in [2.24, 2.45) is 5.73 Å². The molecule has 0 aliphatic carbocycles. The van der Waals surface area contributed by atoms with E-state index in [1.165, 1.54) is 10.5 Å². The van der Waals surface area contributed by atoms with Crippen LogP contribution in [-0.4, -0.2) is 48.4 Å². The van der Waals surface area contributed by atoms with Crippen LogP contribution in [0.4, 0.5) is 0 Å². The predicted octanol–water partition coefficient (Wildman–Crippen LogP) is 2.09. The molecule has 3 unspecified atom stereocenters. The summed E-state index contributed by atoms with van der Waals surface area (Å²) in [6.45, 7) is 1.27. The van der Waals surface area contributed by atoms with Crippen molar-refractivity contribution in [2.45, 2.75) is 41.6 Å². The van der Waals surface area contributed by atoms with Gasteiger partial charge in [0.1, 0.15) is 0 Å². The third-order valence-corrected chi connectivity index (χ3v) is 5.78. The summed E-state index contributed by atoms with van der Waals surface area (Å²) in [6.07, 6.45) is 2.82. The number of likely N-dealkylation sites (tertiary alicyclic amines) is 1. The Morgan fingerprint density at radius 3 is 2.91 bits per heavy atom. The molecule has 1 saturated heterocycles. The van der Waals surface area contributed by atoms with Crippen molar-refractivity contribution in [3.63, 3.8) is 0 Å². The van der Waals surface area contributed by atoms with Gasteiger partial charge in [0.15, 0.2) is 0 Å². The molecule has 1 amide bonds. The number of ether oxygens (including phenoxy) is 1. The van der Waals surface area contributed by atoms with Gasteiger partial charge in [-0.05, 0) is 30.9 Å². The van der Waals surface area contributed by atoms with E-state index >= 15 is 0 Å². The van der Waals surface area contributed by atoms with Gasteiger partial charge in [-0.15, -0.1) is 24.2 Å². The number of amides is 1. The molecule has 0 aromatic heterocycles. The second-order valence-electron chi connectivity index (χ2n) is 5.72. The first-order valence-corrected chi connectivity index (χ1v) is 8.38. The predicted molar refractivity (Wildman–Crippen MR) is 91.6 cm³/mol. The smallest absolute Gasteiger partial charge is 0.236 e. The average molecular weight is 343 g/mol. The minimum Gasteiger partial charge on any atom is -0.381 e. The number of nitrogens with two attached hydrogens (primary N) is 1. The number of benzene rings is 1. The molecule has 0 spiro atoms. The van der Waals surface area contributed by atoms with Crippen molar-refractivity contribution in [3.8, 4) is 0 Å². The van der Waals surface area contributed by atoms with Crippen LogP contribution < -0.4 is 5.73 Å². The van der Waals surface area contributed by atoms with E-state index in [9.17, 15) is 4.79 Å². The molecule has 1 aromatic rings. The van der Waals surface area contributed by atoms with Crippen molar-refractivity contribution in [2.75, 3.05) is 20.2 Å². The molecule has 0 bridgehead atoms. The van der Waals surface area contributed by atoms with Gasteiger partial charge in [-0.2, -0.15) is 0 Å². The number of carbonyl (C=O) groups excluding carboxylic acids is 1. The van der Waals surface area contributed by atoms with E-state index in [1.807, 2.05) is 17.0 Å². The van der Waals surface area contributed by atoms with Gasteiger partial charge in [-0.3, -0.25) is 4.79 Å². The van der Waals surface area contributed by atoms with E-state index < -0.39 is 0 Å². The van der Waals surface area contributed by atoms with Crippen LogP contribution >= 0.6 is 24.2 Å². The maximum atomic E-state index is 12.8. The molecule has 122 valence electrons. The van der Waals surface area contributed by atoms with Gasteiger partial charge in [-0.25, -0.2) is 0 Å². The second-order valence-corrected chi connectivity index (χ2v) is 6.97. The highest BCUT2D eigenvalue weighted by molar-refractivity contribution is 8.01. The molecule has 4 nitrogen and oxygen atoms in total. The summed E-state index contributed by atoms with van der Waals surface area (Å²) in [5.41, 5.74) is 7.16. The molecule has 2 N–H and O–H groups in total. The fourth-order valence-corrected chi connectivity index (χ4v) is 4.51. The number of hydrogen-bond donors (Lipinski definition) is 1. The zero-order valence-corrected chi connectivity index (χ0v) is 14.4. The Morgan fingerprint density at radius 1 is 1.45 bits per heavy atom. The van der Waals surface area contributed by atoms with Gasteiger partial charge in [0, 0.05) is 31.1 Å². The van der Waals surface area contributed by atoms with Crippen molar-refractivity contribution < 1.29 is 9.53 Å². The Kier molecular flexibility index (Phi) is 6.15. The van der Waals surface area contributed by atoms with Gasteiger partial charge in [0.05, 0.1) is 11.4 Å². The number of rotatable bonds is 3. The van der Waals surface area contributed by atoms with E-state index in [0.29, 0.717) is 6.54 Å². The van der Waals surface area contributed by atoms with Gasteiger partial charge in [-0.1, -0.05) is 18.2 Å². The first kappa shape index (κ1) is 17.6. The summed E-state index contributed by atoms with van der Waals surface area (Å²) >= 11 is 1.69. The lowest BCUT2D eigenvalue weighted by atomic mass is 9.98. The van der Waals surface area contributed by atoms with E-state index in [0.717, 1.165) is 25.8 Å². The fourth-order valence-electron chi connectivity index (χ4n) is 3.25. The Morgan fingerprint density at radius 2 is 2.23 bits per heavy atom. The third kappa shape index (κ3) is 3.43. The molecular formula is C16H23ClN2O2S. The molecule has 22 heavy (non-hydrogen) atoms. The number of halogens is 1. The molecule has 0 saturated carbocycles. The Balaban J connectivity index is 0.00000176. The molecule has 2 aliphatic heterocycles. The molecule has 0 radical (unpaired) electrons. The highest BCUT2D eigenvalue weighted by Gasteiger charge is 2.37. The third-order valence-electron chi connectivity index (χ3n) is 4.48. The van der Waals surface area contributed by atoms with E-state index in [1.54, 1.807) is 18.9 Å². The van der Waals surface area contributed by atoms with E-state index in [2.05, 4.69) is 12.1 Å². The highest BCUT2D eigenvalue weighted by atomic mass is 35.5. The van der Waals surface area contributed by atoms with E-state index in [-0.39, 0.29) is 35.7 Å². The lowest BCUT2D eigenvalue weighted by Gasteiger charge is -2.39. The molecular weight excluding hydrogens is 320 g/mol. The minimum absolute atomic E-state index is 0. The van der Waals surface area contributed by atoms with Gasteiger partial charge >= 0.3 is 0 Å². The highest BCUT2D eigenvalue weighted by Crippen LogP contribution is 2.38. The lowest BCUT2D eigenvalue weighted by Crippen LogP contribution is -2.53. The van der Waals surface area contributed by atoms with Crippen LogP contribution in [0.5, 0.6) is 0 Å². The summed E-state index contributed by atoms with van der Waals surface area (Å²) in [5, 5.41) is 0.00976. The number of piperidine rings is 1. The van der Waals surface area contributed by atoms with Crippen molar-refractivity contribution in [1.29, 1.82) is 0 Å². The maximum absolute atomic E-state index is 12.8. The van der Waals surface area contributed by atoms with Crippen LogP contribution in [0, 0.1) is 0 Å². The van der Waals surface area contributed by atoms with Crippen molar-refractivity contribution in [1.82, 2.24) is 4.90 Å². The number of fused-ring (bicyclic) bond motifs is 1. The quantitative estimate of drug-likeness (QED) is 0.913. The Hall–Kier alpha value is -0.750. The van der Waals surface area contributed by atoms with Crippen LogP contribution in [0.3, 0.4) is 0 Å². The van der Waals surface area contributed by atoms with Gasteiger partial charge < -0.3 is 15.4 Å². The number of thioether (sulfide) groups is 1. The van der Waals surface area contributed by atoms with Crippen LogP contribution in [0.15, 0.2) is 29.2 Å². The fraction of sp³-hybridized carbons (Fsp3) is 0.562.